The molecule has 180 valence electrons. The molecule has 11 nitrogen and oxygen atoms in total. The van der Waals surface area contributed by atoms with Gasteiger partial charge in [0, 0.05) is 31.2 Å². The molecule has 3 heterocycles. The minimum absolute atomic E-state index is 0.128. The van der Waals surface area contributed by atoms with E-state index >= 15 is 0 Å². The zero-order chi connectivity index (χ0) is 23.7. The molecule has 1 saturated heterocycles. The van der Waals surface area contributed by atoms with Crippen LogP contribution in [0, 0.1) is 0 Å². The van der Waals surface area contributed by atoms with Crippen molar-refractivity contribution in [3.8, 4) is 11.6 Å². The quantitative estimate of drug-likeness (QED) is 0.504. The average Bonchev–Trinajstić information content (AvgIpc) is 3.43. The van der Waals surface area contributed by atoms with Gasteiger partial charge in [-0.1, -0.05) is 0 Å². The van der Waals surface area contributed by atoms with Crippen molar-refractivity contribution in [1.82, 2.24) is 24.0 Å². The highest BCUT2D eigenvalue weighted by Gasteiger charge is 2.31. The summed E-state index contributed by atoms with van der Waals surface area (Å²) in [6.07, 6.45) is 3.38. The van der Waals surface area contributed by atoms with Gasteiger partial charge in [0.25, 0.3) is 5.91 Å². The summed E-state index contributed by atoms with van der Waals surface area (Å²) in [5.74, 6) is 0.649. The summed E-state index contributed by atoms with van der Waals surface area (Å²) >= 11 is 0. The summed E-state index contributed by atoms with van der Waals surface area (Å²) in [4.78, 5) is 25.5. The van der Waals surface area contributed by atoms with E-state index in [0.29, 0.717) is 43.5 Å². The Bertz CT molecular complexity index is 1320. The molecule has 2 aromatic heterocycles. The van der Waals surface area contributed by atoms with Crippen molar-refractivity contribution in [2.45, 2.75) is 30.3 Å². The van der Waals surface area contributed by atoms with Crippen LogP contribution in [-0.4, -0.2) is 65.8 Å². The van der Waals surface area contributed by atoms with Crippen LogP contribution in [-0.2, 0) is 21.3 Å². The van der Waals surface area contributed by atoms with Gasteiger partial charge in [-0.15, -0.1) is 5.10 Å². The van der Waals surface area contributed by atoms with Crippen molar-refractivity contribution >= 4 is 15.9 Å². The van der Waals surface area contributed by atoms with Crippen LogP contribution >= 0.6 is 0 Å². The number of carbonyl (C=O) groups excluding carboxylic acids is 1. The van der Waals surface area contributed by atoms with Crippen LogP contribution in [0.15, 0.2) is 56.8 Å². The van der Waals surface area contributed by atoms with Crippen molar-refractivity contribution in [3.63, 3.8) is 0 Å². The van der Waals surface area contributed by atoms with Gasteiger partial charge >= 0.3 is 5.69 Å². The van der Waals surface area contributed by atoms with E-state index in [0.717, 1.165) is 12.8 Å². The lowest BCUT2D eigenvalue weighted by Crippen LogP contribution is -2.40. The number of ether oxygens (including phenoxy) is 1. The van der Waals surface area contributed by atoms with Gasteiger partial charge in [0.05, 0.1) is 30.9 Å². The molecule has 0 spiro atoms. The predicted molar refractivity (Wildman–Crippen MR) is 121 cm³/mol. The van der Waals surface area contributed by atoms with Crippen LogP contribution in [0.3, 0.4) is 0 Å². The molecule has 0 unspecified atom stereocenters. The Labute approximate surface area is 196 Å². The van der Waals surface area contributed by atoms with Gasteiger partial charge in [-0.05, 0) is 49.2 Å². The molecule has 2 fully saturated rings. The number of sulfonamides is 1. The fourth-order valence-electron chi connectivity index (χ4n) is 3.89. The Morgan fingerprint density at radius 3 is 2.50 bits per heavy atom. The largest absolute Gasteiger partial charge is 0.461 e. The highest BCUT2D eigenvalue weighted by atomic mass is 32.2. The highest BCUT2D eigenvalue weighted by molar-refractivity contribution is 7.89. The second kappa shape index (κ2) is 9.20. The molecule has 34 heavy (non-hydrogen) atoms. The van der Waals surface area contributed by atoms with E-state index in [1.165, 1.54) is 39.5 Å². The second-order valence-electron chi connectivity index (χ2n) is 8.20. The monoisotopic (exact) mass is 487 g/mol. The lowest BCUT2D eigenvalue weighted by Gasteiger charge is -2.26. The number of rotatable bonds is 8. The third-order valence-electron chi connectivity index (χ3n) is 5.86. The van der Waals surface area contributed by atoms with Gasteiger partial charge in [-0.2, -0.15) is 4.31 Å². The molecule has 1 aliphatic heterocycles. The molecule has 5 rings (SSSR count). The first-order chi connectivity index (χ1) is 16.4. The number of nitrogens with zero attached hydrogens (tertiary/aromatic N) is 4. The molecule has 0 radical (unpaired) electrons. The number of aromatic nitrogens is 3. The average molecular weight is 488 g/mol. The number of hydrogen-bond acceptors (Lipinski definition) is 7. The minimum atomic E-state index is -3.62. The zero-order valence-electron chi connectivity index (χ0n) is 18.4. The van der Waals surface area contributed by atoms with Crippen molar-refractivity contribution in [3.05, 3.63) is 58.7 Å². The third-order valence-corrected chi connectivity index (χ3v) is 7.77. The fraction of sp³-hybridized carbons (Fsp3) is 0.409. The highest BCUT2D eigenvalue weighted by Crippen LogP contribution is 2.36. The number of carbonyl (C=O) groups is 1. The van der Waals surface area contributed by atoms with Crippen LogP contribution in [0.1, 0.15) is 29.2 Å². The van der Waals surface area contributed by atoms with E-state index in [1.54, 1.807) is 16.7 Å². The minimum Gasteiger partial charge on any atom is -0.461 e. The Hall–Kier alpha value is -3.22. The summed E-state index contributed by atoms with van der Waals surface area (Å²) in [5, 5.41) is 7.16. The summed E-state index contributed by atoms with van der Waals surface area (Å²) < 4.78 is 40.4. The van der Waals surface area contributed by atoms with Crippen LogP contribution in [0.5, 0.6) is 0 Å². The van der Waals surface area contributed by atoms with E-state index in [2.05, 4.69) is 10.4 Å². The van der Waals surface area contributed by atoms with Gasteiger partial charge in [-0.25, -0.2) is 17.9 Å². The Kier molecular flexibility index (Phi) is 6.11. The van der Waals surface area contributed by atoms with Gasteiger partial charge in [0.1, 0.15) is 0 Å². The Morgan fingerprint density at radius 2 is 1.85 bits per heavy atom. The SMILES string of the molecule is O=C(NCCn1nc(-c2ccco2)n(C2CC2)c1=O)c1ccc(S(=O)(=O)N2CCOCC2)cc1. The molecular formula is C22H25N5O6S. The number of morpholine rings is 1. The summed E-state index contributed by atoms with van der Waals surface area (Å²) in [7, 11) is -3.62. The smallest absolute Gasteiger partial charge is 0.346 e. The standard InChI is InChI=1S/C22H25N5O6S/c28-21(16-3-7-18(8-4-16)34(30,31)25-11-14-32-15-12-25)23-9-10-26-22(29)27(17-5-6-17)20(24-26)19-2-1-13-33-19/h1-4,7-8,13,17H,5-6,9-12,14-15H2,(H,23,28). The maximum atomic E-state index is 12.8. The second-order valence-corrected chi connectivity index (χ2v) is 10.1. The molecule has 1 N–H and O–H groups in total. The van der Waals surface area contributed by atoms with Crippen molar-refractivity contribution in [2.24, 2.45) is 0 Å². The fourth-order valence-corrected chi connectivity index (χ4v) is 5.30. The molecule has 1 aliphatic carbocycles. The van der Waals surface area contributed by atoms with Crippen LogP contribution in [0.2, 0.25) is 0 Å². The van der Waals surface area contributed by atoms with Crippen LogP contribution in [0.25, 0.3) is 11.6 Å². The molecular weight excluding hydrogens is 462 g/mol. The lowest BCUT2D eigenvalue weighted by molar-refractivity contribution is 0.0730. The van der Waals surface area contributed by atoms with E-state index in [9.17, 15) is 18.0 Å². The number of benzene rings is 1. The first-order valence-electron chi connectivity index (χ1n) is 11.1. The van der Waals surface area contributed by atoms with E-state index in [4.69, 9.17) is 9.15 Å². The Morgan fingerprint density at radius 1 is 1.12 bits per heavy atom. The predicted octanol–water partition coefficient (Wildman–Crippen LogP) is 1.09. The van der Waals surface area contributed by atoms with Gasteiger partial charge < -0.3 is 14.5 Å². The summed E-state index contributed by atoms with van der Waals surface area (Å²) in [5.41, 5.74) is 0.0916. The number of amides is 1. The Balaban J connectivity index is 1.22. The molecule has 3 aromatic rings. The van der Waals surface area contributed by atoms with E-state index in [-0.39, 0.29) is 35.6 Å². The normalized spacial score (nSPS) is 17.1. The van der Waals surface area contributed by atoms with E-state index < -0.39 is 10.0 Å². The number of nitrogens with one attached hydrogen (secondary N) is 1. The van der Waals surface area contributed by atoms with Crippen LogP contribution < -0.4 is 11.0 Å². The van der Waals surface area contributed by atoms with Crippen LogP contribution in [0.4, 0.5) is 0 Å². The van der Waals surface area contributed by atoms with Gasteiger partial charge in [0.15, 0.2) is 5.76 Å². The molecule has 2 aliphatic rings. The molecule has 1 aromatic carbocycles. The van der Waals surface area contributed by atoms with Crippen molar-refractivity contribution in [1.29, 1.82) is 0 Å². The first kappa shape index (κ1) is 22.6. The number of hydrogen-bond donors (Lipinski definition) is 1. The molecule has 0 bridgehead atoms. The summed E-state index contributed by atoms with van der Waals surface area (Å²) in [6.45, 7) is 1.73. The maximum Gasteiger partial charge on any atom is 0.346 e. The summed E-state index contributed by atoms with van der Waals surface area (Å²) in [6, 6.07) is 9.44. The zero-order valence-corrected chi connectivity index (χ0v) is 19.2. The molecule has 0 atom stereocenters. The first-order valence-corrected chi connectivity index (χ1v) is 12.6. The third kappa shape index (κ3) is 4.43. The van der Waals surface area contributed by atoms with Gasteiger partial charge in [-0.3, -0.25) is 9.36 Å². The molecule has 1 amide bonds. The molecule has 1 saturated carbocycles. The van der Waals surface area contributed by atoms with Gasteiger partial charge in [0.2, 0.25) is 15.8 Å². The van der Waals surface area contributed by atoms with Crippen molar-refractivity contribution in [2.75, 3.05) is 32.8 Å². The van der Waals surface area contributed by atoms with Crippen molar-refractivity contribution < 1.29 is 22.4 Å². The maximum absolute atomic E-state index is 12.8. The molecule has 12 heteroatoms. The lowest BCUT2D eigenvalue weighted by atomic mass is 10.2. The number of furan rings is 1. The topological polar surface area (TPSA) is 129 Å². The van der Waals surface area contributed by atoms with E-state index in [1.807, 2.05) is 0 Å².